The fraction of sp³-hybridized carbons (Fsp3) is 1.00. The van der Waals surface area contributed by atoms with Gasteiger partial charge in [0.15, 0.2) is 6.29 Å². The Bertz CT molecular complexity index is 166. The summed E-state index contributed by atoms with van der Waals surface area (Å²) in [5.74, 6) is 0. The number of rotatable bonds is 2. The molecular weight excluding hydrogens is 174 g/mol. The molecule has 13 heavy (non-hydrogen) atoms. The molecule has 0 saturated carbocycles. The highest BCUT2D eigenvalue weighted by molar-refractivity contribution is 4.90. The summed E-state index contributed by atoms with van der Waals surface area (Å²) in [6, 6.07) is -0.457. The Kier molecular flexibility index (Phi) is 3.63. The van der Waals surface area contributed by atoms with Crippen LogP contribution in [0.2, 0.25) is 0 Å². The number of methoxy groups -OCH3 is 2. The molecule has 0 spiro atoms. The van der Waals surface area contributed by atoms with Crippen LogP contribution in [0.5, 0.6) is 0 Å². The van der Waals surface area contributed by atoms with Gasteiger partial charge in [0, 0.05) is 14.2 Å². The van der Waals surface area contributed by atoms with Crippen LogP contribution in [-0.2, 0) is 14.2 Å². The van der Waals surface area contributed by atoms with Crippen LogP contribution in [0, 0.1) is 0 Å². The number of aliphatic hydroxyl groups excluding tert-OH is 1. The van der Waals surface area contributed by atoms with Crippen LogP contribution in [-0.4, -0.2) is 50.0 Å². The molecule has 0 radical (unpaired) electrons. The van der Waals surface area contributed by atoms with Gasteiger partial charge in [-0.05, 0) is 6.92 Å². The van der Waals surface area contributed by atoms with Crippen molar-refractivity contribution in [3.8, 4) is 0 Å². The van der Waals surface area contributed by atoms with Crippen molar-refractivity contribution in [1.82, 2.24) is 0 Å². The van der Waals surface area contributed by atoms with Gasteiger partial charge in [0.2, 0.25) is 0 Å². The zero-order valence-corrected chi connectivity index (χ0v) is 8.14. The quantitative estimate of drug-likeness (QED) is 0.590. The minimum atomic E-state index is -0.702. The molecule has 1 fully saturated rings. The van der Waals surface area contributed by atoms with E-state index < -0.39 is 24.5 Å². The molecule has 0 bridgehead atoms. The highest BCUT2D eigenvalue weighted by Crippen LogP contribution is 2.21. The van der Waals surface area contributed by atoms with Crippen molar-refractivity contribution in [2.75, 3.05) is 14.2 Å². The van der Waals surface area contributed by atoms with Gasteiger partial charge in [-0.1, -0.05) is 0 Å². The van der Waals surface area contributed by atoms with Crippen LogP contribution < -0.4 is 5.73 Å². The lowest BCUT2D eigenvalue weighted by Crippen LogP contribution is -2.61. The highest BCUT2D eigenvalue weighted by atomic mass is 16.7. The van der Waals surface area contributed by atoms with E-state index in [1.807, 2.05) is 0 Å². The average Bonchev–Trinajstić information content (AvgIpc) is 2.12. The lowest BCUT2D eigenvalue weighted by Gasteiger charge is -2.40. The number of nitrogens with two attached hydrogens (primary N) is 1. The Morgan fingerprint density at radius 1 is 1.31 bits per heavy atom. The zero-order chi connectivity index (χ0) is 10.0. The summed E-state index contributed by atoms with van der Waals surface area (Å²) in [6.07, 6.45) is -1.97. The van der Waals surface area contributed by atoms with E-state index >= 15 is 0 Å². The molecule has 1 rings (SSSR count). The summed E-state index contributed by atoms with van der Waals surface area (Å²) in [4.78, 5) is 0. The molecule has 1 aliphatic heterocycles. The lowest BCUT2D eigenvalue weighted by molar-refractivity contribution is -0.251. The molecule has 78 valence electrons. The van der Waals surface area contributed by atoms with E-state index in [-0.39, 0.29) is 6.10 Å². The number of ether oxygens (including phenoxy) is 3. The van der Waals surface area contributed by atoms with E-state index in [2.05, 4.69) is 0 Å². The van der Waals surface area contributed by atoms with E-state index in [9.17, 15) is 5.11 Å². The Hall–Kier alpha value is -0.200. The van der Waals surface area contributed by atoms with Crippen LogP contribution in [0.15, 0.2) is 0 Å². The van der Waals surface area contributed by atoms with Gasteiger partial charge in [0.25, 0.3) is 0 Å². The van der Waals surface area contributed by atoms with E-state index in [4.69, 9.17) is 19.9 Å². The van der Waals surface area contributed by atoms with Crippen molar-refractivity contribution in [3.63, 3.8) is 0 Å². The molecule has 1 heterocycles. The SMILES string of the molecule is CO[C@H]1O[C@H](C)[C@H](O)[C@H](OC)[C@H]1N. The zero-order valence-electron chi connectivity index (χ0n) is 8.14. The summed E-state index contributed by atoms with van der Waals surface area (Å²) in [7, 11) is 3.03. The van der Waals surface area contributed by atoms with E-state index in [0.29, 0.717) is 0 Å². The molecule has 1 saturated heterocycles. The van der Waals surface area contributed by atoms with Crippen molar-refractivity contribution in [3.05, 3.63) is 0 Å². The summed E-state index contributed by atoms with van der Waals surface area (Å²) in [5.41, 5.74) is 5.76. The summed E-state index contributed by atoms with van der Waals surface area (Å²) in [5, 5.41) is 9.64. The Morgan fingerprint density at radius 3 is 2.38 bits per heavy atom. The average molecular weight is 191 g/mol. The molecule has 0 aromatic heterocycles. The first kappa shape index (κ1) is 10.9. The number of hydrogen-bond donors (Lipinski definition) is 2. The van der Waals surface area contributed by atoms with Gasteiger partial charge in [-0.15, -0.1) is 0 Å². The van der Waals surface area contributed by atoms with Crippen molar-refractivity contribution in [2.24, 2.45) is 5.73 Å². The maximum Gasteiger partial charge on any atom is 0.175 e. The first-order chi connectivity index (χ1) is 6.11. The van der Waals surface area contributed by atoms with Gasteiger partial charge in [-0.3, -0.25) is 0 Å². The third-order valence-corrected chi connectivity index (χ3v) is 2.36. The van der Waals surface area contributed by atoms with E-state index in [1.54, 1.807) is 6.92 Å². The van der Waals surface area contributed by atoms with Gasteiger partial charge in [-0.2, -0.15) is 0 Å². The molecule has 5 heteroatoms. The minimum absolute atomic E-state index is 0.324. The first-order valence-electron chi connectivity index (χ1n) is 4.26. The standard InChI is InChI=1S/C8H17NO4/c1-4-6(10)7(11-2)5(9)8(12-3)13-4/h4-8,10H,9H2,1-3H3/t4-,5-,6+,7-,8+/m1/s1. The monoisotopic (exact) mass is 191 g/mol. The maximum atomic E-state index is 9.64. The third kappa shape index (κ3) is 2.00. The van der Waals surface area contributed by atoms with Crippen LogP contribution >= 0.6 is 0 Å². The molecule has 5 nitrogen and oxygen atoms in total. The first-order valence-corrected chi connectivity index (χ1v) is 4.26. The van der Waals surface area contributed by atoms with E-state index in [0.717, 1.165) is 0 Å². The molecule has 0 aromatic rings. The van der Waals surface area contributed by atoms with Crippen LogP contribution in [0.4, 0.5) is 0 Å². The topological polar surface area (TPSA) is 73.9 Å². The summed E-state index contributed by atoms with van der Waals surface area (Å²) >= 11 is 0. The Morgan fingerprint density at radius 2 is 1.92 bits per heavy atom. The van der Waals surface area contributed by atoms with E-state index in [1.165, 1.54) is 14.2 Å². The van der Waals surface area contributed by atoms with Gasteiger partial charge in [0.1, 0.15) is 12.2 Å². The van der Waals surface area contributed by atoms with Crippen LogP contribution in [0.25, 0.3) is 0 Å². The van der Waals surface area contributed by atoms with Crippen molar-refractivity contribution < 1.29 is 19.3 Å². The molecule has 0 amide bonds. The summed E-state index contributed by atoms with van der Waals surface area (Å²) < 4.78 is 15.4. The second kappa shape index (κ2) is 4.34. The van der Waals surface area contributed by atoms with Crippen LogP contribution in [0.1, 0.15) is 6.92 Å². The normalized spacial score (nSPS) is 46.4. The smallest absolute Gasteiger partial charge is 0.175 e. The third-order valence-electron chi connectivity index (χ3n) is 2.36. The predicted molar refractivity (Wildman–Crippen MR) is 46.1 cm³/mol. The Balaban J connectivity index is 2.69. The molecule has 3 N–H and O–H groups in total. The fourth-order valence-electron chi connectivity index (χ4n) is 1.54. The minimum Gasteiger partial charge on any atom is -0.388 e. The van der Waals surface area contributed by atoms with Crippen molar-refractivity contribution in [1.29, 1.82) is 0 Å². The van der Waals surface area contributed by atoms with Crippen LogP contribution in [0.3, 0.4) is 0 Å². The Labute approximate surface area is 77.8 Å². The molecule has 5 atom stereocenters. The van der Waals surface area contributed by atoms with Gasteiger partial charge in [-0.25, -0.2) is 0 Å². The fourth-order valence-corrected chi connectivity index (χ4v) is 1.54. The van der Waals surface area contributed by atoms with Gasteiger partial charge < -0.3 is 25.1 Å². The number of hydrogen-bond acceptors (Lipinski definition) is 5. The molecule has 0 unspecified atom stereocenters. The van der Waals surface area contributed by atoms with Crippen molar-refractivity contribution in [2.45, 2.75) is 37.6 Å². The molecular formula is C8H17NO4. The lowest BCUT2D eigenvalue weighted by atomic mass is 9.98. The van der Waals surface area contributed by atoms with Crippen molar-refractivity contribution >= 4 is 0 Å². The highest BCUT2D eigenvalue weighted by Gasteiger charge is 2.41. The van der Waals surface area contributed by atoms with Gasteiger partial charge >= 0.3 is 0 Å². The molecule has 0 aliphatic carbocycles. The predicted octanol–water partition coefficient (Wildman–Crippen LogP) is -0.919. The summed E-state index contributed by atoms with van der Waals surface area (Å²) in [6.45, 7) is 1.76. The van der Waals surface area contributed by atoms with Gasteiger partial charge in [0.05, 0.1) is 12.1 Å². The molecule has 0 aromatic carbocycles. The second-order valence-corrected chi connectivity index (χ2v) is 3.21. The maximum absolute atomic E-state index is 9.64. The largest absolute Gasteiger partial charge is 0.388 e. The second-order valence-electron chi connectivity index (χ2n) is 3.21. The molecule has 1 aliphatic rings. The number of aliphatic hydroxyl groups is 1.